The number of hydrogen-bond donors (Lipinski definition) is 1. The standard InChI is InChI=1S/C12H23N3O2/c1-4-10(2)15(5-6-16-3)9-12-7-11(8-13)14-17-12/h7,10H,4-6,8-9,13H2,1-3H3. The molecule has 0 saturated heterocycles. The number of nitrogens with two attached hydrogens (primary N) is 1. The molecular weight excluding hydrogens is 218 g/mol. The van der Waals surface area contributed by atoms with Crippen LogP contribution in [0, 0.1) is 0 Å². The van der Waals surface area contributed by atoms with Crippen molar-refractivity contribution < 1.29 is 9.26 Å². The summed E-state index contributed by atoms with van der Waals surface area (Å²) in [6.45, 7) is 7.18. The van der Waals surface area contributed by atoms with Gasteiger partial charge in [0.25, 0.3) is 0 Å². The van der Waals surface area contributed by atoms with E-state index in [1.807, 2.05) is 6.07 Å². The van der Waals surface area contributed by atoms with Crippen LogP contribution in [0.25, 0.3) is 0 Å². The Morgan fingerprint density at radius 3 is 2.88 bits per heavy atom. The lowest BCUT2D eigenvalue weighted by molar-refractivity contribution is 0.110. The van der Waals surface area contributed by atoms with Crippen LogP contribution >= 0.6 is 0 Å². The van der Waals surface area contributed by atoms with E-state index in [-0.39, 0.29) is 0 Å². The van der Waals surface area contributed by atoms with E-state index in [0.717, 1.165) is 37.6 Å². The molecule has 1 atom stereocenters. The molecule has 98 valence electrons. The summed E-state index contributed by atoms with van der Waals surface area (Å²) in [6, 6.07) is 2.42. The number of methoxy groups -OCH3 is 1. The van der Waals surface area contributed by atoms with E-state index in [9.17, 15) is 0 Å². The maximum absolute atomic E-state index is 5.50. The van der Waals surface area contributed by atoms with Gasteiger partial charge in [-0.25, -0.2) is 0 Å². The van der Waals surface area contributed by atoms with Gasteiger partial charge in [-0.15, -0.1) is 0 Å². The Balaban J connectivity index is 2.57. The first kappa shape index (κ1) is 14.2. The molecule has 0 radical (unpaired) electrons. The van der Waals surface area contributed by atoms with Crippen molar-refractivity contribution in [1.29, 1.82) is 0 Å². The van der Waals surface area contributed by atoms with Crippen molar-refractivity contribution >= 4 is 0 Å². The molecule has 5 nitrogen and oxygen atoms in total. The minimum atomic E-state index is 0.422. The van der Waals surface area contributed by atoms with Crippen LogP contribution in [-0.4, -0.2) is 36.4 Å². The molecule has 0 aliphatic carbocycles. The van der Waals surface area contributed by atoms with E-state index < -0.39 is 0 Å². The van der Waals surface area contributed by atoms with E-state index in [4.69, 9.17) is 15.0 Å². The second-order valence-corrected chi connectivity index (χ2v) is 4.21. The van der Waals surface area contributed by atoms with E-state index in [1.54, 1.807) is 7.11 Å². The zero-order valence-corrected chi connectivity index (χ0v) is 11.0. The Morgan fingerprint density at radius 2 is 2.35 bits per heavy atom. The topological polar surface area (TPSA) is 64.5 Å². The molecule has 1 heterocycles. The molecule has 1 unspecified atom stereocenters. The smallest absolute Gasteiger partial charge is 0.151 e. The van der Waals surface area contributed by atoms with Crippen LogP contribution in [0.15, 0.2) is 10.6 Å². The highest BCUT2D eigenvalue weighted by Crippen LogP contribution is 2.11. The lowest BCUT2D eigenvalue weighted by atomic mass is 10.2. The molecule has 0 fully saturated rings. The average molecular weight is 241 g/mol. The molecule has 0 bridgehead atoms. The molecule has 5 heteroatoms. The molecule has 0 saturated carbocycles. The number of ether oxygens (including phenoxy) is 1. The molecule has 0 spiro atoms. The minimum absolute atomic E-state index is 0.422. The van der Waals surface area contributed by atoms with Crippen LogP contribution < -0.4 is 5.73 Å². The van der Waals surface area contributed by atoms with Gasteiger partial charge in [0.1, 0.15) is 0 Å². The van der Waals surface area contributed by atoms with Crippen molar-refractivity contribution in [2.75, 3.05) is 20.3 Å². The maximum Gasteiger partial charge on any atom is 0.151 e. The summed E-state index contributed by atoms with van der Waals surface area (Å²) in [6.07, 6.45) is 1.10. The summed E-state index contributed by atoms with van der Waals surface area (Å²) in [4.78, 5) is 2.32. The van der Waals surface area contributed by atoms with Crippen LogP contribution in [0.4, 0.5) is 0 Å². The Hall–Kier alpha value is -0.910. The highest BCUT2D eigenvalue weighted by molar-refractivity contribution is 5.04. The third kappa shape index (κ3) is 4.46. The molecule has 1 aromatic rings. The van der Waals surface area contributed by atoms with Crippen LogP contribution in [0.5, 0.6) is 0 Å². The lowest BCUT2D eigenvalue weighted by Gasteiger charge is -2.26. The number of hydrogen-bond acceptors (Lipinski definition) is 5. The molecule has 2 N–H and O–H groups in total. The van der Waals surface area contributed by atoms with Crippen molar-refractivity contribution in [3.63, 3.8) is 0 Å². The van der Waals surface area contributed by atoms with Gasteiger partial charge >= 0.3 is 0 Å². The first-order chi connectivity index (χ1) is 8.21. The van der Waals surface area contributed by atoms with Crippen molar-refractivity contribution in [1.82, 2.24) is 10.1 Å². The highest BCUT2D eigenvalue weighted by atomic mass is 16.5. The first-order valence-electron chi connectivity index (χ1n) is 6.08. The predicted molar refractivity (Wildman–Crippen MR) is 66.4 cm³/mol. The fraction of sp³-hybridized carbons (Fsp3) is 0.750. The van der Waals surface area contributed by atoms with Gasteiger partial charge in [0.2, 0.25) is 0 Å². The lowest BCUT2D eigenvalue weighted by Crippen LogP contribution is -2.34. The molecule has 0 amide bonds. The summed E-state index contributed by atoms with van der Waals surface area (Å²) in [5.74, 6) is 0.863. The van der Waals surface area contributed by atoms with Gasteiger partial charge < -0.3 is 15.0 Å². The average Bonchev–Trinajstić information content (AvgIpc) is 2.81. The fourth-order valence-electron chi connectivity index (χ4n) is 1.65. The molecule has 1 rings (SSSR count). The van der Waals surface area contributed by atoms with Crippen molar-refractivity contribution in [3.8, 4) is 0 Å². The molecule has 17 heavy (non-hydrogen) atoms. The fourth-order valence-corrected chi connectivity index (χ4v) is 1.65. The van der Waals surface area contributed by atoms with Crippen LogP contribution in [0.2, 0.25) is 0 Å². The predicted octanol–water partition coefficient (Wildman–Crippen LogP) is 1.38. The third-order valence-electron chi connectivity index (χ3n) is 2.97. The Labute approximate surface area is 103 Å². The van der Waals surface area contributed by atoms with E-state index >= 15 is 0 Å². The van der Waals surface area contributed by atoms with E-state index in [2.05, 4.69) is 23.9 Å². The SMILES string of the molecule is CCC(C)N(CCOC)Cc1cc(CN)no1. The van der Waals surface area contributed by atoms with Gasteiger partial charge in [0.05, 0.1) is 18.8 Å². The third-order valence-corrected chi connectivity index (χ3v) is 2.97. The molecule has 0 aliphatic rings. The Bertz CT molecular complexity index is 314. The molecular formula is C12H23N3O2. The zero-order chi connectivity index (χ0) is 12.7. The Kier molecular flexibility index (Phi) is 6.18. The zero-order valence-electron chi connectivity index (χ0n) is 11.0. The van der Waals surface area contributed by atoms with Crippen LogP contribution in [0.3, 0.4) is 0 Å². The number of nitrogens with zero attached hydrogens (tertiary/aromatic N) is 2. The van der Waals surface area contributed by atoms with Gasteiger partial charge in [-0.05, 0) is 13.3 Å². The van der Waals surface area contributed by atoms with Gasteiger partial charge in [0.15, 0.2) is 5.76 Å². The van der Waals surface area contributed by atoms with Crippen molar-refractivity contribution in [2.24, 2.45) is 5.73 Å². The summed E-state index contributed by atoms with van der Waals surface area (Å²) in [5.41, 5.74) is 6.31. The van der Waals surface area contributed by atoms with E-state index in [1.165, 1.54) is 0 Å². The normalized spacial score (nSPS) is 13.2. The largest absolute Gasteiger partial charge is 0.383 e. The second-order valence-electron chi connectivity index (χ2n) is 4.21. The van der Waals surface area contributed by atoms with Crippen molar-refractivity contribution in [3.05, 3.63) is 17.5 Å². The molecule has 0 aliphatic heterocycles. The molecule has 0 aromatic carbocycles. The second kappa shape index (κ2) is 7.42. The van der Waals surface area contributed by atoms with Gasteiger partial charge in [-0.3, -0.25) is 4.90 Å². The minimum Gasteiger partial charge on any atom is -0.383 e. The van der Waals surface area contributed by atoms with Gasteiger partial charge in [0, 0.05) is 32.3 Å². The number of aromatic nitrogens is 1. The highest BCUT2D eigenvalue weighted by Gasteiger charge is 2.14. The first-order valence-corrected chi connectivity index (χ1v) is 6.08. The van der Waals surface area contributed by atoms with Crippen LogP contribution in [0.1, 0.15) is 31.7 Å². The van der Waals surface area contributed by atoms with Crippen LogP contribution in [-0.2, 0) is 17.8 Å². The van der Waals surface area contributed by atoms with E-state index in [0.29, 0.717) is 12.6 Å². The van der Waals surface area contributed by atoms with Gasteiger partial charge in [-0.1, -0.05) is 12.1 Å². The molecule has 1 aromatic heterocycles. The Morgan fingerprint density at radius 1 is 1.59 bits per heavy atom. The maximum atomic E-state index is 5.50. The summed E-state index contributed by atoms with van der Waals surface area (Å²) in [5, 5.41) is 3.90. The summed E-state index contributed by atoms with van der Waals surface area (Å²) < 4.78 is 10.4. The summed E-state index contributed by atoms with van der Waals surface area (Å²) in [7, 11) is 1.72. The quantitative estimate of drug-likeness (QED) is 0.745. The summed E-state index contributed by atoms with van der Waals surface area (Å²) >= 11 is 0. The van der Waals surface area contributed by atoms with Crippen molar-refractivity contribution in [2.45, 2.75) is 39.4 Å². The van der Waals surface area contributed by atoms with Gasteiger partial charge in [-0.2, -0.15) is 0 Å². The number of rotatable bonds is 8. The monoisotopic (exact) mass is 241 g/mol.